The van der Waals surface area contributed by atoms with Crippen molar-refractivity contribution >= 4 is 33.4 Å². The Morgan fingerprint density at radius 3 is 2.23 bits per heavy atom. The number of benzene rings is 1. The molecule has 0 bridgehead atoms. The zero-order chi connectivity index (χ0) is 22.7. The number of anilines is 1. The van der Waals surface area contributed by atoms with Gasteiger partial charge in [-0.15, -0.1) is 11.3 Å². The van der Waals surface area contributed by atoms with Crippen LogP contribution in [0.1, 0.15) is 63.8 Å². The van der Waals surface area contributed by atoms with Gasteiger partial charge in [-0.05, 0) is 44.9 Å². The van der Waals surface area contributed by atoms with Crippen molar-refractivity contribution in [3.63, 3.8) is 0 Å². The number of nitrogens with zero attached hydrogens (tertiary/aromatic N) is 1. The minimum Gasteiger partial charge on any atom is -0.444 e. The first-order valence-corrected chi connectivity index (χ1v) is 11.7. The maximum atomic E-state index is 12.4. The maximum Gasteiger partial charge on any atom is 0.408 e. The topological polar surface area (TPSA) is 118 Å². The van der Waals surface area contributed by atoms with Crippen LogP contribution in [0.2, 0.25) is 0 Å². The van der Waals surface area contributed by atoms with E-state index in [0.29, 0.717) is 6.42 Å². The molecule has 0 unspecified atom stereocenters. The van der Waals surface area contributed by atoms with Gasteiger partial charge >= 0.3 is 16.4 Å². The molecule has 0 fully saturated rings. The number of hydrogen-bond donors (Lipinski definition) is 3. The second-order valence-corrected chi connectivity index (χ2v) is 11.0. The largest absolute Gasteiger partial charge is 0.444 e. The number of carbonyl (C=O) groups is 1. The summed E-state index contributed by atoms with van der Waals surface area (Å²) in [5.74, 6) is 0. The summed E-state index contributed by atoms with van der Waals surface area (Å²) in [5.41, 5.74) is 1.28. The molecule has 2 rings (SSSR count). The highest BCUT2D eigenvalue weighted by Gasteiger charge is 2.25. The molecule has 30 heavy (non-hydrogen) atoms. The van der Waals surface area contributed by atoms with E-state index < -0.39 is 28.0 Å². The Kier molecular flexibility index (Phi) is 7.16. The molecule has 166 valence electrons. The molecule has 0 spiro atoms. The fraction of sp³-hybridized carbons (Fsp3) is 0.500. The van der Waals surface area contributed by atoms with Gasteiger partial charge in [0.2, 0.25) is 0 Å². The number of nitrogens with one attached hydrogen (secondary N) is 2. The molecule has 1 amide bonds. The SMILES string of the molecule is CC(C)(C)OC(=O)N[C@@H](Cc1ccc(NS(=O)(=O)O)cc1)c1nc(C(C)(C)C)cs1. The van der Waals surface area contributed by atoms with Crippen LogP contribution < -0.4 is 10.0 Å². The number of hydrogen-bond acceptors (Lipinski definition) is 6. The van der Waals surface area contributed by atoms with E-state index in [1.165, 1.54) is 23.5 Å². The van der Waals surface area contributed by atoms with Gasteiger partial charge in [-0.3, -0.25) is 9.27 Å². The average Bonchev–Trinajstić information content (AvgIpc) is 3.03. The molecule has 0 aliphatic rings. The molecule has 1 aromatic carbocycles. The molecule has 1 heterocycles. The number of amides is 1. The number of carbonyl (C=O) groups excluding carboxylic acids is 1. The normalized spacial score (nSPS) is 13.6. The summed E-state index contributed by atoms with van der Waals surface area (Å²) in [6.45, 7) is 11.6. The fourth-order valence-corrected chi connectivity index (χ4v) is 4.07. The van der Waals surface area contributed by atoms with Gasteiger partial charge in [0.1, 0.15) is 10.6 Å². The van der Waals surface area contributed by atoms with Crippen LogP contribution in [0, 0.1) is 0 Å². The first kappa shape index (κ1) is 24.1. The number of aromatic nitrogens is 1. The molecule has 0 aliphatic heterocycles. The predicted octanol–water partition coefficient (Wildman–Crippen LogP) is 4.46. The number of alkyl carbamates (subject to hydrolysis) is 1. The molecular formula is C20H29N3O5S2. The molecule has 8 nitrogen and oxygen atoms in total. The second-order valence-electron chi connectivity index (χ2n) is 9.00. The van der Waals surface area contributed by atoms with Crippen LogP contribution in [0.5, 0.6) is 0 Å². The molecule has 3 N–H and O–H groups in total. The van der Waals surface area contributed by atoms with E-state index in [1.807, 2.05) is 10.1 Å². The monoisotopic (exact) mass is 455 g/mol. The molecule has 2 aromatic rings. The van der Waals surface area contributed by atoms with Gasteiger partial charge in [-0.1, -0.05) is 32.9 Å². The van der Waals surface area contributed by atoms with Crippen LogP contribution in [-0.2, 0) is 26.9 Å². The summed E-state index contributed by atoms with van der Waals surface area (Å²) < 4.78 is 38.2. The van der Waals surface area contributed by atoms with Crippen LogP contribution in [0.15, 0.2) is 29.6 Å². The zero-order valence-electron chi connectivity index (χ0n) is 18.0. The second kappa shape index (κ2) is 8.91. The molecule has 0 saturated carbocycles. The summed E-state index contributed by atoms with van der Waals surface area (Å²) in [5, 5.41) is 5.63. The smallest absolute Gasteiger partial charge is 0.408 e. The Morgan fingerprint density at radius 1 is 1.17 bits per heavy atom. The Bertz CT molecular complexity index is 971. The Hall–Kier alpha value is -2.17. The standard InChI is InChI=1S/C20H29N3O5S2/c1-19(2,3)16-12-29-17(22-16)15(21-18(24)28-20(4,5)6)11-13-7-9-14(10-8-13)23-30(25,26)27/h7-10,12,15,23H,11H2,1-6H3,(H,21,24)(H,25,26,27)/t15-/m0/s1. The minimum atomic E-state index is -4.33. The Labute approximate surface area is 182 Å². The molecular weight excluding hydrogens is 426 g/mol. The van der Waals surface area contributed by atoms with Crippen LogP contribution in [0.25, 0.3) is 0 Å². The molecule has 0 saturated heterocycles. The fourth-order valence-electron chi connectivity index (χ4n) is 2.54. The van der Waals surface area contributed by atoms with E-state index in [1.54, 1.807) is 32.9 Å². The van der Waals surface area contributed by atoms with Crippen molar-refractivity contribution in [2.75, 3.05) is 4.72 Å². The van der Waals surface area contributed by atoms with Crippen LogP contribution >= 0.6 is 11.3 Å². The zero-order valence-corrected chi connectivity index (χ0v) is 19.6. The van der Waals surface area contributed by atoms with Gasteiger partial charge in [0, 0.05) is 10.8 Å². The first-order valence-electron chi connectivity index (χ1n) is 9.42. The van der Waals surface area contributed by atoms with E-state index in [-0.39, 0.29) is 11.1 Å². The number of rotatable bonds is 6. The lowest BCUT2D eigenvalue weighted by Gasteiger charge is -2.23. The highest BCUT2D eigenvalue weighted by atomic mass is 32.2. The predicted molar refractivity (Wildman–Crippen MR) is 118 cm³/mol. The van der Waals surface area contributed by atoms with Gasteiger partial charge < -0.3 is 10.1 Å². The summed E-state index contributed by atoms with van der Waals surface area (Å²) >= 11 is 1.47. The van der Waals surface area contributed by atoms with Gasteiger partial charge in [-0.25, -0.2) is 9.78 Å². The van der Waals surface area contributed by atoms with E-state index in [9.17, 15) is 13.2 Å². The van der Waals surface area contributed by atoms with E-state index in [0.717, 1.165) is 16.3 Å². The number of thiazole rings is 1. The molecule has 0 radical (unpaired) electrons. The summed E-state index contributed by atoms with van der Waals surface area (Å²) in [6, 6.07) is 6.10. The van der Waals surface area contributed by atoms with Gasteiger partial charge in [-0.2, -0.15) is 8.42 Å². The third-order valence-electron chi connectivity index (χ3n) is 3.92. The minimum absolute atomic E-state index is 0.117. The van der Waals surface area contributed by atoms with Crippen molar-refractivity contribution in [2.45, 2.75) is 65.0 Å². The van der Waals surface area contributed by atoms with Crippen molar-refractivity contribution in [3.8, 4) is 0 Å². The molecule has 1 atom stereocenters. The lowest BCUT2D eigenvalue weighted by atomic mass is 9.93. The van der Waals surface area contributed by atoms with Gasteiger partial charge in [0.15, 0.2) is 0 Å². The van der Waals surface area contributed by atoms with Crippen molar-refractivity contribution in [2.24, 2.45) is 0 Å². The van der Waals surface area contributed by atoms with Crippen molar-refractivity contribution in [1.82, 2.24) is 10.3 Å². The van der Waals surface area contributed by atoms with E-state index in [2.05, 4.69) is 26.1 Å². The highest BCUT2D eigenvalue weighted by Crippen LogP contribution is 2.29. The van der Waals surface area contributed by atoms with Crippen molar-refractivity contribution in [3.05, 3.63) is 45.9 Å². The average molecular weight is 456 g/mol. The quantitative estimate of drug-likeness (QED) is 0.554. The first-order chi connectivity index (χ1) is 13.6. The van der Waals surface area contributed by atoms with Crippen molar-refractivity contribution in [1.29, 1.82) is 0 Å². The lowest BCUT2D eigenvalue weighted by Crippen LogP contribution is -2.35. The third-order valence-corrected chi connectivity index (χ3v) is 5.37. The van der Waals surface area contributed by atoms with Gasteiger partial charge in [0.25, 0.3) is 0 Å². The Morgan fingerprint density at radius 2 is 1.77 bits per heavy atom. The van der Waals surface area contributed by atoms with E-state index in [4.69, 9.17) is 14.3 Å². The number of ether oxygens (including phenoxy) is 1. The Balaban J connectivity index is 2.25. The van der Waals surface area contributed by atoms with Crippen LogP contribution in [0.3, 0.4) is 0 Å². The maximum absolute atomic E-state index is 12.4. The lowest BCUT2D eigenvalue weighted by molar-refractivity contribution is 0.0503. The van der Waals surface area contributed by atoms with E-state index >= 15 is 0 Å². The molecule has 1 aromatic heterocycles. The van der Waals surface area contributed by atoms with Crippen LogP contribution in [0.4, 0.5) is 10.5 Å². The summed E-state index contributed by atoms with van der Waals surface area (Å²) in [7, 11) is -4.33. The highest BCUT2D eigenvalue weighted by molar-refractivity contribution is 7.87. The summed E-state index contributed by atoms with van der Waals surface area (Å²) in [4.78, 5) is 17.1. The summed E-state index contributed by atoms with van der Waals surface area (Å²) in [6.07, 6.45) is -0.104. The van der Waals surface area contributed by atoms with Crippen LogP contribution in [-0.4, -0.2) is 29.6 Å². The van der Waals surface area contributed by atoms with Crippen molar-refractivity contribution < 1.29 is 22.5 Å². The van der Waals surface area contributed by atoms with Gasteiger partial charge in [0.05, 0.1) is 17.4 Å². The third kappa shape index (κ3) is 7.92. The molecule has 10 heteroatoms. The molecule has 0 aliphatic carbocycles.